The molecular formula is C10H18N2O. The number of carbonyl (C=O) groups excluding carboxylic acids is 1. The van der Waals surface area contributed by atoms with Gasteiger partial charge in [0.2, 0.25) is 5.91 Å². The normalized spacial score (nSPS) is 32.7. The Morgan fingerprint density at radius 2 is 1.85 bits per heavy atom. The second-order valence-electron chi connectivity index (χ2n) is 4.58. The lowest BCUT2D eigenvalue weighted by atomic mass is 10.0. The molecule has 0 spiro atoms. The van der Waals surface area contributed by atoms with E-state index >= 15 is 0 Å². The summed E-state index contributed by atoms with van der Waals surface area (Å²) in [6.07, 6.45) is 0. The van der Waals surface area contributed by atoms with E-state index in [-0.39, 0.29) is 5.92 Å². The van der Waals surface area contributed by atoms with Crippen molar-refractivity contribution in [1.29, 1.82) is 0 Å². The molecule has 2 aliphatic rings. The highest BCUT2D eigenvalue weighted by molar-refractivity contribution is 5.78. The van der Waals surface area contributed by atoms with Gasteiger partial charge in [0.25, 0.3) is 0 Å². The van der Waals surface area contributed by atoms with Crippen LogP contribution in [0.1, 0.15) is 13.8 Å². The van der Waals surface area contributed by atoms with E-state index < -0.39 is 0 Å². The zero-order valence-corrected chi connectivity index (χ0v) is 8.42. The average molecular weight is 182 g/mol. The summed E-state index contributed by atoms with van der Waals surface area (Å²) in [6.45, 7) is 8.13. The number of carbonyl (C=O) groups is 1. The van der Waals surface area contributed by atoms with Crippen molar-refractivity contribution < 1.29 is 4.79 Å². The van der Waals surface area contributed by atoms with Gasteiger partial charge in [-0.05, 0) is 11.8 Å². The monoisotopic (exact) mass is 182 g/mol. The molecule has 0 saturated carbocycles. The van der Waals surface area contributed by atoms with Gasteiger partial charge < -0.3 is 10.2 Å². The molecular weight excluding hydrogens is 164 g/mol. The lowest BCUT2D eigenvalue weighted by Crippen LogP contribution is -2.34. The molecule has 2 aliphatic heterocycles. The van der Waals surface area contributed by atoms with Crippen molar-refractivity contribution in [2.45, 2.75) is 13.8 Å². The summed E-state index contributed by atoms with van der Waals surface area (Å²) in [4.78, 5) is 13.7. The maximum Gasteiger partial charge on any atom is 0.225 e. The van der Waals surface area contributed by atoms with Crippen LogP contribution in [-0.4, -0.2) is 37.0 Å². The summed E-state index contributed by atoms with van der Waals surface area (Å²) >= 11 is 0. The Bertz CT molecular complexity index is 203. The van der Waals surface area contributed by atoms with Gasteiger partial charge in [-0.1, -0.05) is 13.8 Å². The number of hydrogen-bond donors (Lipinski definition) is 1. The zero-order chi connectivity index (χ0) is 9.42. The van der Waals surface area contributed by atoms with Crippen LogP contribution in [0.3, 0.4) is 0 Å². The van der Waals surface area contributed by atoms with Gasteiger partial charge >= 0.3 is 0 Å². The molecule has 2 rings (SSSR count). The van der Waals surface area contributed by atoms with E-state index in [1.165, 1.54) is 0 Å². The summed E-state index contributed by atoms with van der Waals surface area (Å²) in [5.74, 6) is 1.94. The second kappa shape index (κ2) is 3.29. The fraction of sp³-hybridized carbons (Fsp3) is 0.900. The molecule has 74 valence electrons. The maximum atomic E-state index is 11.7. The molecule has 0 aromatic heterocycles. The van der Waals surface area contributed by atoms with Crippen molar-refractivity contribution in [3.8, 4) is 0 Å². The van der Waals surface area contributed by atoms with Crippen LogP contribution in [-0.2, 0) is 4.79 Å². The van der Waals surface area contributed by atoms with E-state index in [4.69, 9.17) is 0 Å². The topological polar surface area (TPSA) is 32.3 Å². The summed E-state index contributed by atoms with van der Waals surface area (Å²) in [7, 11) is 0. The Morgan fingerprint density at radius 3 is 2.31 bits per heavy atom. The van der Waals surface area contributed by atoms with Crippen LogP contribution < -0.4 is 5.32 Å². The molecule has 2 saturated heterocycles. The van der Waals surface area contributed by atoms with Crippen molar-refractivity contribution in [3.63, 3.8) is 0 Å². The SMILES string of the molecule is CC(C)C(=O)N1C[C@H]2CNC[C@H]2C1. The summed E-state index contributed by atoms with van der Waals surface area (Å²) in [5.41, 5.74) is 0. The number of hydrogen-bond acceptors (Lipinski definition) is 2. The molecule has 1 N–H and O–H groups in total. The minimum absolute atomic E-state index is 0.159. The minimum atomic E-state index is 0.159. The second-order valence-corrected chi connectivity index (χ2v) is 4.58. The predicted molar refractivity (Wildman–Crippen MR) is 51.3 cm³/mol. The molecule has 0 unspecified atom stereocenters. The van der Waals surface area contributed by atoms with E-state index in [9.17, 15) is 4.79 Å². The van der Waals surface area contributed by atoms with Gasteiger partial charge in [-0.2, -0.15) is 0 Å². The van der Waals surface area contributed by atoms with Gasteiger partial charge in [-0.15, -0.1) is 0 Å². The first-order valence-corrected chi connectivity index (χ1v) is 5.18. The molecule has 0 radical (unpaired) electrons. The van der Waals surface area contributed by atoms with E-state index in [0.717, 1.165) is 38.0 Å². The van der Waals surface area contributed by atoms with Crippen LogP contribution >= 0.6 is 0 Å². The van der Waals surface area contributed by atoms with E-state index in [0.29, 0.717) is 5.91 Å². The molecule has 2 fully saturated rings. The molecule has 0 aromatic rings. The lowest BCUT2D eigenvalue weighted by Gasteiger charge is -2.19. The van der Waals surface area contributed by atoms with Crippen LogP contribution in [0.4, 0.5) is 0 Å². The first kappa shape index (κ1) is 9.00. The van der Waals surface area contributed by atoms with Gasteiger partial charge in [-0.3, -0.25) is 4.79 Å². The smallest absolute Gasteiger partial charge is 0.225 e. The van der Waals surface area contributed by atoms with Crippen LogP contribution in [0, 0.1) is 17.8 Å². The van der Waals surface area contributed by atoms with Gasteiger partial charge in [0.1, 0.15) is 0 Å². The summed E-state index contributed by atoms with van der Waals surface area (Å²) in [5, 5.41) is 3.38. The van der Waals surface area contributed by atoms with Crippen molar-refractivity contribution in [2.75, 3.05) is 26.2 Å². The number of amides is 1. The number of nitrogens with one attached hydrogen (secondary N) is 1. The van der Waals surface area contributed by atoms with Gasteiger partial charge in [0, 0.05) is 32.1 Å². The van der Waals surface area contributed by atoms with Gasteiger partial charge in [0.05, 0.1) is 0 Å². The standard InChI is InChI=1S/C10H18N2O/c1-7(2)10(13)12-5-8-3-11-4-9(8)6-12/h7-9,11H,3-6H2,1-2H3/t8-,9+. The third-order valence-electron chi connectivity index (χ3n) is 3.20. The van der Waals surface area contributed by atoms with Crippen molar-refractivity contribution in [1.82, 2.24) is 10.2 Å². The quantitative estimate of drug-likeness (QED) is 0.633. The first-order chi connectivity index (χ1) is 6.18. The van der Waals surface area contributed by atoms with E-state index in [1.807, 2.05) is 18.7 Å². The molecule has 2 atom stereocenters. The number of nitrogens with zero attached hydrogens (tertiary/aromatic N) is 1. The van der Waals surface area contributed by atoms with Crippen LogP contribution in [0.5, 0.6) is 0 Å². The number of rotatable bonds is 1. The van der Waals surface area contributed by atoms with Crippen molar-refractivity contribution in [2.24, 2.45) is 17.8 Å². The van der Waals surface area contributed by atoms with Crippen molar-refractivity contribution >= 4 is 5.91 Å². The molecule has 3 nitrogen and oxygen atoms in total. The Labute approximate surface area is 79.5 Å². The Balaban J connectivity index is 1.95. The number of fused-ring (bicyclic) bond motifs is 1. The maximum absolute atomic E-state index is 11.7. The first-order valence-electron chi connectivity index (χ1n) is 5.18. The molecule has 0 bridgehead atoms. The number of likely N-dealkylation sites (tertiary alicyclic amines) is 1. The van der Waals surface area contributed by atoms with E-state index in [1.54, 1.807) is 0 Å². The van der Waals surface area contributed by atoms with Gasteiger partial charge in [-0.25, -0.2) is 0 Å². The molecule has 3 heteroatoms. The highest BCUT2D eigenvalue weighted by atomic mass is 16.2. The fourth-order valence-corrected chi connectivity index (χ4v) is 2.40. The summed E-state index contributed by atoms with van der Waals surface area (Å²) < 4.78 is 0. The highest BCUT2D eigenvalue weighted by Gasteiger charge is 2.38. The van der Waals surface area contributed by atoms with E-state index in [2.05, 4.69) is 5.32 Å². The average Bonchev–Trinajstić information content (AvgIpc) is 2.59. The van der Waals surface area contributed by atoms with Crippen LogP contribution in [0.2, 0.25) is 0 Å². The van der Waals surface area contributed by atoms with Crippen LogP contribution in [0.15, 0.2) is 0 Å². The van der Waals surface area contributed by atoms with Crippen molar-refractivity contribution in [3.05, 3.63) is 0 Å². The van der Waals surface area contributed by atoms with Crippen LogP contribution in [0.25, 0.3) is 0 Å². The fourth-order valence-electron chi connectivity index (χ4n) is 2.40. The third-order valence-corrected chi connectivity index (χ3v) is 3.20. The Kier molecular flexibility index (Phi) is 2.28. The molecule has 1 amide bonds. The lowest BCUT2D eigenvalue weighted by molar-refractivity contribution is -0.133. The molecule has 0 aliphatic carbocycles. The molecule has 0 aromatic carbocycles. The molecule has 2 heterocycles. The highest BCUT2D eigenvalue weighted by Crippen LogP contribution is 2.27. The molecule has 13 heavy (non-hydrogen) atoms. The van der Waals surface area contributed by atoms with Gasteiger partial charge in [0.15, 0.2) is 0 Å². The Hall–Kier alpha value is -0.570. The minimum Gasteiger partial charge on any atom is -0.342 e. The Morgan fingerprint density at radius 1 is 1.31 bits per heavy atom. The summed E-state index contributed by atoms with van der Waals surface area (Å²) in [6, 6.07) is 0. The third kappa shape index (κ3) is 1.57. The largest absolute Gasteiger partial charge is 0.342 e. The predicted octanol–water partition coefficient (Wildman–Crippen LogP) is 0.320. The zero-order valence-electron chi connectivity index (χ0n) is 8.42.